The summed E-state index contributed by atoms with van der Waals surface area (Å²) in [6.45, 7) is 5.85. The van der Waals surface area contributed by atoms with Gasteiger partial charge in [0.05, 0.1) is 7.05 Å². The second-order valence-corrected chi connectivity index (χ2v) is 6.54. The van der Waals surface area contributed by atoms with Crippen LogP contribution in [0.3, 0.4) is 0 Å². The molecule has 23 heavy (non-hydrogen) atoms. The third-order valence-corrected chi connectivity index (χ3v) is 4.99. The summed E-state index contributed by atoms with van der Waals surface area (Å²) in [4.78, 5) is 16.1. The van der Waals surface area contributed by atoms with Crippen molar-refractivity contribution in [3.05, 3.63) is 65.2 Å². The molecule has 0 aliphatic carbocycles. The molecule has 0 aromatic heterocycles. The van der Waals surface area contributed by atoms with Gasteiger partial charge in [0.15, 0.2) is 6.04 Å². The number of nitrogens with zero attached hydrogens (tertiary/aromatic N) is 1. The minimum atomic E-state index is -0.0548. The molecule has 2 aromatic rings. The largest absolute Gasteiger partial charge is 0.324 e. The first-order chi connectivity index (χ1) is 11.1. The number of para-hydroxylation sites is 1. The summed E-state index contributed by atoms with van der Waals surface area (Å²) in [5, 5.41) is 0. The molecule has 0 saturated heterocycles. The smallest absolute Gasteiger partial charge is 0.284 e. The lowest BCUT2D eigenvalue weighted by Gasteiger charge is -2.26. The fourth-order valence-electron chi connectivity index (χ4n) is 3.27. The highest BCUT2D eigenvalue weighted by atomic mass is 16.2. The number of rotatable bonds is 4. The van der Waals surface area contributed by atoms with Crippen LogP contribution in [0, 0.1) is 6.92 Å². The summed E-state index contributed by atoms with van der Waals surface area (Å²) in [7, 11) is 2.11. The van der Waals surface area contributed by atoms with E-state index < -0.39 is 0 Å². The van der Waals surface area contributed by atoms with Gasteiger partial charge in [0, 0.05) is 17.8 Å². The fourth-order valence-corrected chi connectivity index (χ4v) is 3.27. The van der Waals surface area contributed by atoms with Gasteiger partial charge in [-0.3, -0.25) is 4.79 Å². The second kappa shape index (κ2) is 6.55. The molecule has 0 bridgehead atoms. The molecule has 0 spiro atoms. The van der Waals surface area contributed by atoms with E-state index in [0.717, 1.165) is 25.2 Å². The van der Waals surface area contributed by atoms with Gasteiger partial charge in [-0.15, -0.1) is 0 Å². The molecule has 0 radical (unpaired) electrons. The second-order valence-electron chi connectivity index (χ2n) is 6.54. The lowest BCUT2D eigenvalue weighted by molar-refractivity contribution is -0.908. The molecule has 0 saturated carbocycles. The summed E-state index contributed by atoms with van der Waals surface area (Å²) < 4.78 is 0. The van der Waals surface area contributed by atoms with E-state index in [1.807, 2.05) is 24.0 Å². The van der Waals surface area contributed by atoms with Crippen LogP contribution in [0.1, 0.15) is 23.6 Å². The molecule has 1 unspecified atom stereocenters. The molecular formula is C20H25N2O+. The van der Waals surface area contributed by atoms with Crippen molar-refractivity contribution in [3.8, 4) is 0 Å². The molecule has 2 atom stereocenters. The molecule has 3 rings (SSSR count). The quantitative estimate of drug-likeness (QED) is 0.918. The van der Waals surface area contributed by atoms with Crippen LogP contribution in [0.2, 0.25) is 0 Å². The standard InChI is InChI=1S/C20H24N2O/c1-15-8-4-5-10-18(15)14-21(3)16(2)20(23)22-13-12-17-9-6-7-11-19(17)22/h4-11,16H,12-14H2,1-3H3/p+1/t16-/m1/s1. The SMILES string of the molecule is Cc1ccccc1C[NH+](C)[C@H](C)C(=O)N1CCc2ccccc21. The predicted octanol–water partition coefficient (Wildman–Crippen LogP) is 1.99. The van der Waals surface area contributed by atoms with Crippen molar-refractivity contribution in [1.29, 1.82) is 0 Å². The fraction of sp³-hybridized carbons (Fsp3) is 0.350. The Labute approximate surface area is 138 Å². The van der Waals surface area contributed by atoms with E-state index in [4.69, 9.17) is 0 Å². The van der Waals surface area contributed by atoms with Gasteiger partial charge in [-0.25, -0.2) is 0 Å². The Morgan fingerprint density at radius 1 is 1.17 bits per heavy atom. The van der Waals surface area contributed by atoms with E-state index in [-0.39, 0.29) is 11.9 Å². The van der Waals surface area contributed by atoms with E-state index in [2.05, 4.69) is 50.4 Å². The maximum absolute atomic E-state index is 12.9. The highest BCUT2D eigenvalue weighted by Crippen LogP contribution is 2.27. The zero-order chi connectivity index (χ0) is 16.4. The van der Waals surface area contributed by atoms with Crippen LogP contribution in [0.5, 0.6) is 0 Å². The number of benzene rings is 2. The summed E-state index contributed by atoms with van der Waals surface area (Å²) in [6.07, 6.45) is 0.964. The maximum Gasteiger partial charge on any atom is 0.284 e. The number of hydrogen-bond acceptors (Lipinski definition) is 1. The van der Waals surface area contributed by atoms with Crippen LogP contribution in [-0.2, 0) is 17.8 Å². The predicted molar refractivity (Wildman–Crippen MR) is 93.7 cm³/mol. The monoisotopic (exact) mass is 309 g/mol. The Kier molecular flexibility index (Phi) is 4.49. The van der Waals surface area contributed by atoms with Crippen LogP contribution in [0.15, 0.2) is 48.5 Å². The van der Waals surface area contributed by atoms with Gasteiger partial charge >= 0.3 is 0 Å². The third-order valence-electron chi connectivity index (χ3n) is 4.99. The molecule has 1 aliphatic heterocycles. The van der Waals surface area contributed by atoms with E-state index in [9.17, 15) is 4.79 Å². The Morgan fingerprint density at radius 2 is 1.87 bits per heavy atom. The van der Waals surface area contributed by atoms with Crippen LogP contribution in [-0.4, -0.2) is 25.5 Å². The number of amides is 1. The number of nitrogens with one attached hydrogen (secondary N) is 1. The van der Waals surface area contributed by atoms with Crippen molar-refractivity contribution in [2.75, 3.05) is 18.5 Å². The number of quaternary nitrogens is 1. The van der Waals surface area contributed by atoms with Crippen molar-refractivity contribution in [1.82, 2.24) is 0 Å². The number of fused-ring (bicyclic) bond motifs is 1. The van der Waals surface area contributed by atoms with Gasteiger partial charge in [-0.1, -0.05) is 42.5 Å². The molecule has 120 valence electrons. The van der Waals surface area contributed by atoms with Gasteiger partial charge in [-0.2, -0.15) is 0 Å². The maximum atomic E-state index is 12.9. The Bertz CT molecular complexity index is 710. The normalized spacial score (nSPS) is 16.0. The topological polar surface area (TPSA) is 24.8 Å². The zero-order valence-corrected chi connectivity index (χ0v) is 14.2. The Balaban J connectivity index is 1.72. The van der Waals surface area contributed by atoms with E-state index in [0.29, 0.717) is 0 Å². The van der Waals surface area contributed by atoms with E-state index >= 15 is 0 Å². The lowest BCUT2D eigenvalue weighted by Crippen LogP contribution is -3.12. The van der Waals surface area contributed by atoms with Crippen molar-refractivity contribution >= 4 is 11.6 Å². The molecule has 1 amide bonds. The van der Waals surface area contributed by atoms with Crippen LogP contribution >= 0.6 is 0 Å². The van der Waals surface area contributed by atoms with Gasteiger partial charge in [0.2, 0.25) is 0 Å². The highest BCUT2D eigenvalue weighted by molar-refractivity contribution is 5.97. The first-order valence-electron chi connectivity index (χ1n) is 8.34. The molecule has 1 N–H and O–H groups in total. The van der Waals surface area contributed by atoms with Gasteiger partial charge in [-0.05, 0) is 37.5 Å². The minimum Gasteiger partial charge on any atom is -0.324 e. The molecular weight excluding hydrogens is 284 g/mol. The van der Waals surface area contributed by atoms with Crippen molar-refractivity contribution < 1.29 is 9.69 Å². The van der Waals surface area contributed by atoms with Crippen LogP contribution in [0.4, 0.5) is 5.69 Å². The van der Waals surface area contributed by atoms with Crippen LogP contribution < -0.4 is 9.80 Å². The average molecular weight is 309 g/mol. The molecule has 1 heterocycles. The highest BCUT2D eigenvalue weighted by Gasteiger charge is 2.31. The number of anilines is 1. The number of hydrogen-bond donors (Lipinski definition) is 1. The molecule has 3 heteroatoms. The number of carbonyl (C=O) groups excluding carboxylic acids is 1. The summed E-state index contributed by atoms with van der Waals surface area (Å²) in [5.74, 6) is 0.223. The summed E-state index contributed by atoms with van der Waals surface area (Å²) >= 11 is 0. The molecule has 0 fully saturated rings. The first-order valence-corrected chi connectivity index (χ1v) is 8.34. The average Bonchev–Trinajstić information content (AvgIpc) is 2.99. The summed E-state index contributed by atoms with van der Waals surface area (Å²) in [5.41, 5.74) is 4.97. The zero-order valence-electron chi connectivity index (χ0n) is 14.2. The van der Waals surface area contributed by atoms with Gasteiger partial charge in [0.25, 0.3) is 5.91 Å². The number of aryl methyl sites for hydroxylation is 1. The molecule has 1 aliphatic rings. The molecule has 3 nitrogen and oxygen atoms in total. The number of carbonyl (C=O) groups is 1. The van der Waals surface area contributed by atoms with Crippen molar-refractivity contribution in [2.24, 2.45) is 0 Å². The van der Waals surface area contributed by atoms with Gasteiger partial charge in [0.1, 0.15) is 6.54 Å². The first kappa shape index (κ1) is 15.8. The van der Waals surface area contributed by atoms with E-state index in [1.165, 1.54) is 21.6 Å². The van der Waals surface area contributed by atoms with Gasteiger partial charge < -0.3 is 9.80 Å². The molecule has 2 aromatic carbocycles. The Morgan fingerprint density at radius 3 is 2.65 bits per heavy atom. The number of likely N-dealkylation sites (N-methyl/N-ethyl adjacent to an activating group) is 1. The summed E-state index contributed by atoms with van der Waals surface area (Å²) in [6, 6.07) is 16.6. The third kappa shape index (κ3) is 3.15. The lowest BCUT2D eigenvalue weighted by atomic mass is 10.1. The van der Waals surface area contributed by atoms with Crippen molar-refractivity contribution in [2.45, 2.75) is 32.9 Å². The Hall–Kier alpha value is -2.13. The van der Waals surface area contributed by atoms with E-state index in [1.54, 1.807) is 0 Å². The minimum absolute atomic E-state index is 0.0548. The van der Waals surface area contributed by atoms with Crippen molar-refractivity contribution in [3.63, 3.8) is 0 Å². The van der Waals surface area contributed by atoms with Crippen LogP contribution in [0.25, 0.3) is 0 Å².